The maximum atomic E-state index is 11.9. The third kappa shape index (κ3) is 2.33. The summed E-state index contributed by atoms with van der Waals surface area (Å²) in [6.45, 7) is 4.48. The minimum absolute atomic E-state index is 0.223. The number of nitrogens with one attached hydrogen (secondary N) is 2. The minimum atomic E-state index is -0.223. The van der Waals surface area contributed by atoms with Crippen LogP contribution in [0.3, 0.4) is 0 Å². The zero-order valence-corrected chi connectivity index (χ0v) is 10.5. The van der Waals surface area contributed by atoms with E-state index >= 15 is 0 Å². The Morgan fingerprint density at radius 2 is 2.50 bits per heavy atom. The number of anilines is 1. The first-order chi connectivity index (χ1) is 8.74. The number of aromatic nitrogens is 2. The molecule has 1 fully saturated rings. The molecule has 1 saturated carbocycles. The van der Waals surface area contributed by atoms with Gasteiger partial charge in [0.05, 0.1) is 12.8 Å². The summed E-state index contributed by atoms with van der Waals surface area (Å²) in [5.41, 5.74) is 3.04. The van der Waals surface area contributed by atoms with Crippen molar-refractivity contribution < 1.29 is 9.63 Å². The zero-order valence-electron chi connectivity index (χ0n) is 10.5. The molecule has 6 nitrogen and oxygen atoms in total. The number of rotatable bonds is 4. The van der Waals surface area contributed by atoms with Gasteiger partial charge >= 0.3 is 0 Å². The maximum absolute atomic E-state index is 11.9. The van der Waals surface area contributed by atoms with E-state index < -0.39 is 0 Å². The van der Waals surface area contributed by atoms with Crippen LogP contribution in [0.2, 0.25) is 0 Å². The Balaban J connectivity index is 1.62. The Morgan fingerprint density at radius 1 is 1.67 bits per heavy atom. The van der Waals surface area contributed by atoms with Gasteiger partial charge in [0.25, 0.3) is 5.91 Å². The fourth-order valence-electron chi connectivity index (χ4n) is 2.07. The molecule has 0 saturated heterocycles. The van der Waals surface area contributed by atoms with E-state index in [1.165, 1.54) is 12.8 Å². The minimum Gasteiger partial charge on any atom is -0.369 e. The van der Waals surface area contributed by atoms with Crippen LogP contribution in [0.25, 0.3) is 0 Å². The molecule has 6 heteroatoms. The van der Waals surface area contributed by atoms with Gasteiger partial charge in [-0.3, -0.25) is 9.63 Å². The Kier molecular flexibility index (Phi) is 2.95. The molecule has 0 bridgehead atoms. The van der Waals surface area contributed by atoms with Gasteiger partial charge in [-0.15, -0.1) is 0 Å². The average Bonchev–Trinajstić information content (AvgIpc) is 3.07. The maximum Gasteiger partial charge on any atom is 0.280 e. The van der Waals surface area contributed by atoms with Crippen molar-refractivity contribution in [1.29, 1.82) is 0 Å². The number of carbonyl (C=O) groups is 1. The smallest absolute Gasteiger partial charge is 0.280 e. The number of nitrogens with zero attached hydrogens (tertiary/aromatic N) is 2. The molecule has 18 heavy (non-hydrogen) atoms. The van der Waals surface area contributed by atoms with E-state index in [0.717, 1.165) is 18.9 Å². The first kappa shape index (κ1) is 11.5. The number of hydrogen-bond donors (Lipinski definition) is 2. The topological polar surface area (TPSA) is 68.2 Å². The highest BCUT2D eigenvalue weighted by Crippen LogP contribution is 2.28. The Labute approximate surface area is 106 Å². The molecule has 0 spiro atoms. The third-order valence-electron chi connectivity index (χ3n) is 3.37. The fraction of sp³-hybridized carbons (Fsp3) is 0.667. The normalized spacial score (nSPS) is 22.2. The fourth-order valence-corrected chi connectivity index (χ4v) is 2.07. The van der Waals surface area contributed by atoms with Crippen LogP contribution in [0.15, 0.2) is 6.20 Å². The molecule has 2 N–H and O–H groups in total. The average molecular weight is 250 g/mol. The standard InChI is InChI=1S/C12H18N4O2/c1-8-4-13-11-10(5-14-16(11)6-8)12(17)15-18-7-9-2-3-9/h5,8-9,13H,2-4,6-7H2,1H3,(H,15,17). The molecule has 1 aromatic rings. The van der Waals surface area contributed by atoms with Crippen LogP contribution in [0.4, 0.5) is 5.82 Å². The van der Waals surface area contributed by atoms with Crippen molar-refractivity contribution in [3.63, 3.8) is 0 Å². The summed E-state index contributed by atoms with van der Waals surface area (Å²) in [6, 6.07) is 0. The van der Waals surface area contributed by atoms with E-state index in [9.17, 15) is 4.79 Å². The molecule has 1 unspecified atom stereocenters. The summed E-state index contributed by atoms with van der Waals surface area (Å²) in [5.74, 6) is 1.73. The van der Waals surface area contributed by atoms with Crippen molar-refractivity contribution in [3.8, 4) is 0 Å². The summed E-state index contributed by atoms with van der Waals surface area (Å²) < 4.78 is 1.84. The number of hydrogen-bond acceptors (Lipinski definition) is 4. The van der Waals surface area contributed by atoms with Crippen LogP contribution >= 0.6 is 0 Å². The highest BCUT2D eigenvalue weighted by molar-refractivity contribution is 5.98. The molecule has 2 aliphatic rings. The Morgan fingerprint density at radius 3 is 3.28 bits per heavy atom. The van der Waals surface area contributed by atoms with Gasteiger partial charge in [0.15, 0.2) is 0 Å². The molecule has 2 heterocycles. The van der Waals surface area contributed by atoms with E-state index in [1.54, 1.807) is 6.20 Å². The lowest BCUT2D eigenvalue weighted by Crippen LogP contribution is -2.29. The van der Waals surface area contributed by atoms with Crippen molar-refractivity contribution >= 4 is 11.7 Å². The van der Waals surface area contributed by atoms with E-state index in [1.807, 2.05) is 4.68 Å². The van der Waals surface area contributed by atoms with Gasteiger partial charge in [0, 0.05) is 13.1 Å². The van der Waals surface area contributed by atoms with Crippen LogP contribution in [0, 0.1) is 11.8 Å². The van der Waals surface area contributed by atoms with Crippen molar-refractivity contribution in [2.75, 3.05) is 18.5 Å². The van der Waals surface area contributed by atoms with Gasteiger partial charge in [-0.25, -0.2) is 10.2 Å². The Hall–Kier alpha value is -1.56. The van der Waals surface area contributed by atoms with Gasteiger partial charge in [-0.1, -0.05) is 6.92 Å². The summed E-state index contributed by atoms with van der Waals surface area (Å²) in [7, 11) is 0. The molecule has 1 amide bonds. The SMILES string of the molecule is CC1CNc2c(C(=O)NOCC3CC3)cnn2C1. The quantitative estimate of drug-likeness (QED) is 0.783. The third-order valence-corrected chi connectivity index (χ3v) is 3.37. The van der Waals surface area contributed by atoms with E-state index in [4.69, 9.17) is 4.84 Å². The van der Waals surface area contributed by atoms with Crippen LogP contribution in [0.5, 0.6) is 0 Å². The monoisotopic (exact) mass is 250 g/mol. The number of amides is 1. The number of fused-ring (bicyclic) bond motifs is 1. The van der Waals surface area contributed by atoms with E-state index in [-0.39, 0.29) is 5.91 Å². The highest BCUT2D eigenvalue weighted by atomic mass is 16.7. The van der Waals surface area contributed by atoms with E-state index in [0.29, 0.717) is 24.0 Å². The second kappa shape index (κ2) is 4.61. The van der Waals surface area contributed by atoms with Crippen molar-refractivity contribution in [1.82, 2.24) is 15.3 Å². The summed E-state index contributed by atoms with van der Waals surface area (Å²) in [4.78, 5) is 17.1. The van der Waals surface area contributed by atoms with Crippen molar-refractivity contribution in [2.24, 2.45) is 11.8 Å². The predicted molar refractivity (Wildman–Crippen MR) is 66.0 cm³/mol. The predicted octanol–water partition coefficient (Wildman–Crippen LogP) is 1.02. The lowest BCUT2D eigenvalue weighted by molar-refractivity contribution is 0.0271. The molecular weight excluding hydrogens is 232 g/mol. The van der Waals surface area contributed by atoms with Crippen LogP contribution < -0.4 is 10.8 Å². The molecule has 98 valence electrons. The molecule has 1 atom stereocenters. The summed E-state index contributed by atoms with van der Waals surface area (Å²) in [5, 5.41) is 7.46. The molecule has 1 aliphatic carbocycles. The number of hydroxylamine groups is 1. The zero-order chi connectivity index (χ0) is 12.5. The molecule has 0 aromatic carbocycles. The van der Waals surface area contributed by atoms with Crippen LogP contribution in [0.1, 0.15) is 30.1 Å². The van der Waals surface area contributed by atoms with Gasteiger partial charge in [0.1, 0.15) is 11.4 Å². The second-order valence-electron chi connectivity index (χ2n) is 5.26. The van der Waals surface area contributed by atoms with E-state index in [2.05, 4.69) is 22.8 Å². The van der Waals surface area contributed by atoms with Gasteiger partial charge in [-0.05, 0) is 24.7 Å². The van der Waals surface area contributed by atoms with Crippen LogP contribution in [-0.4, -0.2) is 28.8 Å². The lowest BCUT2D eigenvalue weighted by atomic mass is 10.1. The van der Waals surface area contributed by atoms with Crippen molar-refractivity contribution in [3.05, 3.63) is 11.8 Å². The lowest BCUT2D eigenvalue weighted by Gasteiger charge is -2.22. The van der Waals surface area contributed by atoms with Crippen molar-refractivity contribution in [2.45, 2.75) is 26.3 Å². The van der Waals surface area contributed by atoms with Crippen LogP contribution in [-0.2, 0) is 11.4 Å². The first-order valence-electron chi connectivity index (χ1n) is 6.46. The highest BCUT2D eigenvalue weighted by Gasteiger charge is 2.24. The molecule has 1 aliphatic heterocycles. The summed E-state index contributed by atoms with van der Waals surface area (Å²) >= 11 is 0. The molecular formula is C12H18N4O2. The van der Waals surface area contributed by atoms with Gasteiger partial charge < -0.3 is 5.32 Å². The summed E-state index contributed by atoms with van der Waals surface area (Å²) in [6.07, 6.45) is 4.01. The van der Waals surface area contributed by atoms with Gasteiger partial charge in [-0.2, -0.15) is 5.10 Å². The molecule has 1 aromatic heterocycles. The largest absolute Gasteiger partial charge is 0.369 e. The molecule has 0 radical (unpaired) electrons. The Bertz CT molecular complexity index is 453. The number of carbonyl (C=O) groups excluding carboxylic acids is 1. The molecule has 3 rings (SSSR count). The second-order valence-corrected chi connectivity index (χ2v) is 5.26. The first-order valence-corrected chi connectivity index (χ1v) is 6.46. The van der Waals surface area contributed by atoms with Gasteiger partial charge in [0.2, 0.25) is 0 Å².